The summed E-state index contributed by atoms with van der Waals surface area (Å²) in [6.07, 6.45) is -3.35. The van der Waals surface area contributed by atoms with Gasteiger partial charge in [0.15, 0.2) is 0 Å². The minimum Gasteiger partial charge on any atom is -0.468 e. The zero-order valence-electron chi connectivity index (χ0n) is 14.4. The fraction of sp³-hybridized carbons (Fsp3) is 0.158. The number of hydrogen-bond donors (Lipinski definition) is 0. The molecule has 148 valence electrons. The van der Waals surface area contributed by atoms with E-state index in [4.69, 9.17) is 4.42 Å². The molecule has 0 bridgehead atoms. The Morgan fingerprint density at radius 2 is 1.57 bits per heavy atom. The van der Waals surface area contributed by atoms with Crippen LogP contribution >= 0.6 is 0 Å². The standard InChI is InChI=1S/C19H15F4NO3S/c20-17-9-3-4-10-18(17)28(25,26)24(13-15-7-5-11-27-15)12-14-6-1-2-8-16(14)19(21,22)23/h1-11H,12-13H2. The van der Waals surface area contributed by atoms with Crippen LogP contribution in [0.5, 0.6) is 0 Å². The van der Waals surface area contributed by atoms with Crippen molar-refractivity contribution in [3.8, 4) is 0 Å². The molecular formula is C19H15F4NO3S. The van der Waals surface area contributed by atoms with Crippen molar-refractivity contribution in [2.24, 2.45) is 0 Å². The lowest BCUT2D eigenvalue weighted by molar-refractivity contribution is -0.138. The van der Waals surface area contributed by atoms with E-state index in [1.807, 2.05) is 0 Å². The molecule has 9 heteroatoms. The quantitative estimate of drug-likeness (QED) is 0.544. The van der Waals surface area contributed by atoms with Gasteiger partial charge in [0.2, 0.25) is 10.0 Å². The summed E-state index contributed by atoms with van der Waals surface area (Å²) in [6, 6.07) is 12.4. The number of alkyl halides is 3. The molecule has 28 heavy (non-hydrogen) atoms. The van der Waals surface area contributed by atoms with Gasteiger partial charge in [0.05, 0.1) is 18.4 Å². The summed E-state index contributed by atoms with van der Waals surface area (Å²) >= 11 is 0. The molecule has 0 fully saturated rings. The van der Waals surface area contributed by atoms with Crippen LogP contribution in [-0.2, 0) is 29.3 Å². The molecule has 1 heterocycles. The Morgan fingerprint density at radius 3 is 2.21 bits per heavy atom. The van der Waals surface area contributed by atoms with Gasteiger partial charge in [-0.25, -0.2) is 12.8 Å². The summed E-state index contributed by atoms with van der Waals surface area (Å²) in [5.74, 6) is -0.777. The minimum atomic E-state index is -4.66. The molecule has 0 saturated heterocycles. The van der Waals surface area contributed by atoms with Crippen molar-refractivity contribution in [1.29, 1.82) is 0 Å². The molecule has 0 N–H and O–H groups in total. The lowest BCUT2D eigenvalue weighted by Gasteiger charge is -2.23. The lowest BCUT2D eigenvalue weighted by atomic mass is 10.1. The summed E-state index contributed by atoms with van der Waals surface area (Å²) in [7, 11) is -4.44. The van der Waals surface area contributed by atoms with E-state index in [0.717, 1.165) is 22.5 Å². The highest BCUT2D eigenvalue weighted by Gasteiger charge is 2.35. The minimum absolute atomic E-state index is 0.212. The molecule has 0 spiro atoms. The summed E-state index contributed by atoms with van der Waals surface area (Å²) in [5.41, 5.74) is -1.20. The van der Waals surface area contributed by atoms with Gasteiger partial charge in [0.1, 0.15) is 16.5 Å². The Bertz CT molecular complexity index is 1050. The van der Waals surface area contributed by atoms with Crippen molar-refractivity contribution < 1.29 is 30.4 Å². The van der Waals surface area contributed by atoms with Gasteiger partial charge in [-0.05, 0) is 35.9 Å². The van der Waals surface area contributed by atoms with Crippen molar-refractivity contribution in [2.45, 2.75) is 24.2 Å². The third-order valence-corrected chi connectivity index (χ3v) is 5.86. The largest absolute Gasteiger partial charge is 0.468 e. The zero-order valence-corrected chi connectivity index (χ0v) is 15.2. The van der Waals surface area contributed by atoms with Gasteiger partial charge in [-0.1, -0.05) is 30.3 Å². The van der Waals surface area contributed by atoms with Gasteiger partial charge in [-0.3, -0.25) is 0 Å². The van der Waals surface area contributed by atoms with Gasteiger partial charge in [0.25, 0.3) is 0 Å². The summed E-state index contributed by atoms with van der Waals surface area (Å²) in [4.78, 5) is -0.619. The van der Waals surface area contributed by atoms with Crippen LogP contribution in [0.4, 0.5) is 17.6 Å². The Kier molecular flexibility index (Phi) is 5.57. The number of rotatable bonds is 6. The van der Waals surface area contributed by atoms with Crippen molar-refractivity contribution in [3.63, 3.8) is 0 Å². The SMILES string of the molecule is O=S(=O)(c1ccccc1F)N(Cc1ccco1)Cc1ccccc1C(F)(F)F. The second kappa shape index (κ2) is 7.76. The average molecular weight is 413 g/mol. The number of furan rings is 1. The maximum absolute atomic E-state index is 14.1. The average Bonchev–Trinajstić information content (AvgIpc) is 3.14. The first kappa shape index (κ1) is 20.1. The molecule has 3 aromatic rings. The Labute approximate surface area is 159 Å². The molecule has 4 nitrogen and oxygen atoms in total. The zero-order chi connectivity index (χ0) is 20.4. The second-order valence-electron chi connectivity index (χ2n) is 5.94. The van der Waals surface area contributed by atoms with E-state index in [1.165, 1.54) is 48.7 Å². The summed E-state index contributed by atoms with van der Waals surface area (Å²) < 4.78 is 86.0. The van der Waals surface area contributed by atoms with Crippen LogP contribution in [0.3, 0.4) is 0 Å². The first-order chi connectivity index (χ1) is 13.2. The smallest absolute Gasteiger partial charge is 0.416 e. The Hall–Kier alpha value is -2.65. The third kappa shape index (κ3) is 4.26. The van der Waals surface area contributed by atoms with Gasteiger partial charge in [0, 0.05) is 6.54 Å². The maximum Gasteiger partial charge on any atom is 0.416 e. The number of halogens is 4. The normalized spacial score (nSPS) is 12.5. The predicted molar refractivity (Wildman–Crippen MR) is 93.0 cm³/mol. The molecule has 0 aliphatic carbocycles. The van der Waals surface area contributed by atoms with Crippen LogP contribution in [-0.4, -0.2) is 12.7 Å². The molecule has 0 atom stereocenters. The van der Waals surface area contributed by atoms with E-state index < -0.39 is 39.0 Å². The maximum atomic E-state index is 14.1. The van der Waals surface area contributed by atoms with E-state index >= 15 is 0 Å². The van der Waals surface area contributed by atoms with Gasteiger partial charge in [-0.2, -0.15) is 17.5 Å². The first-order valence-electron chi connectivity index (χ1n) is 8.12. The fourth-order valence-corrected chi connectivity index (χ4v) is 4.17. The molecule has 0 saturated carbocycles. The van der Waals surface area contributed by atoms with Crippen molar-refractivity contribution >= 4 is 10.0 Å². The monoisotopic (exact) mass is 413 g/mol. The molecule has 0 aliphatic heterocycles. The van der Waals surface area contributed by atoms with Gasteiger partial charge < -0.3 is 4.42 Å². The topological polar surface area (TPSA) is 50.5 Å². The molecule has 3 rings (SSSR count). The Morgan fingerprint density at radius 1 is 0.893 bits per heavy atom. The molecule has 0 unspecified atom stereocenters. The molecule has 0 amide bonds. The van der Waals surface area contributed by atoms with Crippen LogP contribution < -0.4 is 0 Å². The second-order valence-corrected chi connectivity index (χ2v) is 7.84. The molecular weight excluding hydrogens is 398 g/mol. The van der Waals surface area contributed by atoms with Crippen molar-refractivity contribution in [1.82, 2.24) is 4.31 Å². The van der Waals surface area contributed by atoms with Crippen LogP contribution in [0.1, 0.15) is 16.9 Å². The van der Waals surface area contributed by atoms with Gasteiger partial charge in [-0.15, -0.1) is 0 Å². The van der Waals surface area contributed by atoms with E-state index in [2.05, 4.69) is 0 Å². The van der Waals surface area contributed by atoms with Crippen molar-refractivity contribution in [3.05, 3.63) is 89.6 Å². The molecule has 1 aromatic heterocycles. The first-order valence-corrected chi connectivity index (χ1v) is 9.56. The summed E-state index contributed by atoms with van der Waals surface area (Å²) in [5, 5.41) is 0. The number of nitrogens with zero attached hydrogens (tertiary/aromatic N) is 1. The number of benzene rings is 2. The highest BCUT2D eigenvalue weighted by Crippen LogP contribution is 2.33. The Balaban J connectivity index is 2.06. The van der Waals surface area contributed by atoms with Crippen LogP contribution in [0.2, 0.25) is 0 Å². The molecule has 0 aliphatic rings. The highest BCUT2D eigenvalue weighted by atomic mass is 32.2. The van der Waals surface area contributed by atoms with Crippen molar-refractivity contribution in [2.75, 3.05) is 0 Å². The molecule has 2 aromatic carbocycles. The molecule has 0 radical (unpaired) electrons. The fourth-order valence-electron chi connectivity index (χ4n) is 2.72. The number of hydrogen-bond acceptors (Lipinski definition) is 3. The van der Waals surface area contributed by atoms with E-state index in [0.29, 0.717) is 0 Å². The third-order valence-electron chi connectivity index (χ3n) is 4.04. The highest BCUT2D eigenvalue weighted by molar-refractivity contribution is 7.89. The van der Waals surface area contributed by atoms with E-state index in [1.54, 1.807) is 0 Å². The van der Waals surface area contributed by atoms with Gasteiger partial charge >= 0.3 is 6.18 Å². The van der Waals surface area contributed by atoms with Crippen LogP contribution in [0, 0.1) is 5.82 Å². The van der Waals surface area contributed by atoms with E-state index in [-0.39, 0.29) is 17.9 Å². The lowest BCUT2D eigenvalue weighted by Crippen LogP contribution is -2.31. The number of sulfonamides is 1. The predicted octanol–water partition coefficient (Wildman–Crippen LogP) is 4.83. The van der Waals surface area contributed by atoms with Crippen LogP contribution in [0.15, 0.2) is 76.2 Å². The summed E-state index contributed by atoms with van der Waals surface area (Å²) in [6.45, 7) is -0.955. The van der Waals surface area contributed by atoms with E-state index in [9.17, 15) is 26.0 Å². The van der Waals surface area contributed by atoms with Crippen LogP contribution in [0.25, 0.3) is 0 Å².